The molecule has 178 valence electrons. The van der Waals surface area contributed by atoms with Crippen molar-refractivity contribution in [2.75, 3.05) is 13.6 Å². The lowest BCUT2D eigenvalue weighted by Crippen LogP contribution is -2.53. The molecular formula is C28H33N3O3. The van der Waals surface area contributed by atoms with E-state index in [1.807, 2.05) is 69.4 Å². The van der Waals surface area contributed by atoms with Crippen LogP contribution < -0.4 is 0 Å². The molecule has 4 rings (SSSR count). The summed E-state index contributed by atoms with van der Waals surface area (Å²) in [5, 5.41) is 4.17. The van der Waals surface area contributed by atoms with Crippen molar-refractivity contribution in [1.29, 1.82) is 0 Å². The summed E-state index contributed by atoms with van der Waals surface area (Å²) in [5.41, 5.74) is 4.12. The minimum absolute atomic E-state index is 0.00541. The van der Waals surface area contributed by atoms with Crippen LogP contribution in [0.25, 0.3) is 11.3 Å². The second kappa shape index (κ2) is 10.7. The van der Waals surface area contributed by atoms with Crippen LogP contribution in [0, 0.1) is 5.92 Å². The van der Waals surface area contributed by atoms with Gasteiger partial charge in [0, 0.05) is 51.0 Å². The molecule has 1 aromatic heterocycles. The maximum Gasteiger partial charge on any atom is 0.245 e. The SMILES string of the molecule is CC(C)CC(=O)N1Cc2ccccc2CC1C(=O)N(C)CCCc1cc(-c2ccccc2)no1. The zero-order chi connectivity index (χ0) is 24.1. The van der Waals surface area contributed by atoms with Crippen LogP contribution in [0.5, 0.6) is 0 Å². The summed E-state index contributed by atoms with van der Waals surface area (Å²) in [5.74, 6) is 1.10. The Bertz CT molecular complexity index is 1120. The van der Waals surface area contributed by atoms with Crippen molar-refractivity contribution < 1.29 is 14.1 Å². The molecule has 2 aromatic carbocycles. The van der Waals surface area contributed by atoms with E-state index >= 15 is 0 Å². The summed E-state index contributed by atoms with van der Waals surface area (Å²) in [6.45, 7) is 5.15. The van der Waals surface area contributed by atoms with Crippen LogP contribution in [-0.4, -0.2) is 46.4 Å². The standard InChI is InChI=1S/C28H33N3O3/c1-20(2)16-27(32)31-19-23-13-8-7-12-22(23)17-26(31)28(33)30(3)15-9-14-24-18-25(29-34-24)21-10-5-4-6-11-21/h4-8,10-13,18,20,26H,9,14-17,19H2,1-3H3. The largest absolute Gasteiger partial charge is 0.361 e. The fourth-order valence-electron chi connectivity index (χ4n) is 4.50. The first-order chi connectivity index (χ1) is 16.4. The first-order valence-corrected chi connectivity index (χ1v) is 12.0. The summed E-state index contributed by atoms with van der Waals surface area (Å²) >= 11 is 0. The van der Waals surface area contributed by atoms with E-state index in [0.29, 0.717) is 32.4 Å². The minimum Gasteiger partial charge on any atom is -0.361 e. The molecule has 1 aliphatic heterocycles. The third-order valence-electron chi connectivity index (χ3n) is 6.36. The lowest BCUT2D eigenvalue weighted by atomic mass is 9.92. The van der Waals surface area contributed by atoms with E-state index < -0.39 is 6.04 Å². The molecule has 3 aromatic rings. The summed E-state index contributed by atoms with van der Waals surface area (Å²) in [6.07, 6.45) is 2.46. The van der Waals surface area contributed by atoms with Gasteiger partial charge in [0.05, 0.1) is 0 Å². The van der Waals surface area contributed by atoms with E-state index in [9.17, 15) is 9.59 Å². The average molecular weight is 460 g/mol. The van der Waals surface area contributed by atoms with Gasteiger partial charge in [-0.05, 0) is 23.5 Å². The van der Waals surface area contributed by atoms with Gasteiger partial charge >= 0.3 is 0 Å². The third-order valence-corrected chi connectivity index (χ3v) is 6.36. The molecule has 0 bridgehead atoms. The predicted molar refractivity (Wildman–Crippen MR) is 132 cm³/mol. The van der Waals surface area contributed by atoms with Crippen LogP contribution in [0.3, 0.4) is 0 Å². The van der Waals surface area contributed by atoms with Crippen molar-refractivity contribution in [2.24, 2.45) is 5.92 Å². The van der Waals surface area contributed by atoms with Gasteiger partial charge in [-0.2, -0.15) is 0 Å². The summed E-state index contributed by atoms with van der Waals surface area (Å²) in [4.78, 5) is 30.0. The molecule has 0 aliphatic carbocycles. The van der Waals surface area contributed by atoms with Crippen LogP contribution >= 0.6 is 0 Å². The van der Waals surface area contributed by atoms with Crippen LogP contribution in [-0.2, 0) is 29.0 Å². The van der Waals surface area contributed by atoms with E-state index in [1.165, 1.54) is 0 Å². The highest BCUT2D eigenvalue weighted by Crippen LogP contribution is 2.26. The molecule has 0 N–H and O–H groups in total. The Morgan fingerprint density at radius 3 is 2.53 bits per heavy atom. The van der Waals surface area contributed by atoms with Gasteiger partial charge in [-0.25, -0.2) is 0 Å². The molecule has 0 radical (unpaired) electrons. The molecular weight excluding hydrogens is 426 g/mol. The molecule has 1 atom stereocenters. The third kappa shape index (κ3) is 5.56. The summed E-state index contributed by atoms with van der Waals surface area (Å²) < 4.78 is 5.50. The Balaban J connectivity index is 1.38. The molecule has 2 heterocycles. The van der Waals surface area contributed by atoms with Gasteiger partial charge in [0.2, 0.25) is 11.8 Å². The Kier molecular flexibility index (Phi) is 7.46. The highest BCUT2D eigenvalue weighted by molar-refractivity contribution is 5.88. The Morgan fingerprint density at radius 2 is 1.79 bits per heavy atom. The first-order valence-electron chi connectivity index (χ1n) is 12.0. The molecule has 1 aliphatic rings. The lowest BCUT2D eigenvalue weighted by Gasteiger charge is -2.38. The molecule has 1 unspecified atom stereocenters. The van der Waals surface area contributed by atoms with Crippen molar-refractivity contribution in [2.45, 2.75) is 52.1 Å². The quantitative estimate of drug-likeness (QED) is 0.488. The second-order valence-corrected chi connectivity index (χ2v) is 9.52. The molecule has 0 spiro atoms. The average Bonchev–Trinajstić information content (AvgIpc) is 3.31. The number of benzene rings is 2. The summed E-state index contributed by atoms with van der Waals surface area (Å²) in [6, 6.07) is 19.5. The molecule has 2 amide bonds. The lowest BCUT2D eigenvalue weighted by molar-refractivity contribution is -0.146. The fraction of sp³-hybridized carbons (Fsp3) is 0.393. The van der Waals surface area contributed by atoms with Gasteiger partial charge in [0.25, 0.3) is 0 Å². The number of carbonyl (C=O) groups is 2. The van der Waals surface area contributed by atoms with E-state index in [2.05, 4.69) is 17.3 Å². The minimum atomic E-state index is -0.457. The number of hydrogen-bond acceptors (Lipinski definition) is 4. The number of fused-ring (bicyclic) bond motifs is 1. The Labute approximate surface area is 201 Å². The molecule has 0 saturated heterocycles. The van der Waals surface area contributed by atoms with Crippen LogP contribution in [0.15, 0.2) is 65.2 Å². The van der Waals surface area contributed by atoms with Crippen molar-refractivity contribution in [3.05, 3.63) is 77.6 Å². The second-order valence-electron chi connectivity index (χ2n) is 9.52. The maximum absolute atomic E-state index is 13.4. The fourth-order valence-corrected chi connectivity index (χ4v) is 4.50. The molecule has 34 heavy (non-hydrogen) atoms. The number of rotatable bonds is 8. The van der Waals surface area contributed by atoms with Gasteiger partial charge in [0.15, 0.2) is 0 Å². The normalized spacial score (nSPS) is 15.3. The van der Waals surface area contributed by atoms with E-state index in [4.69, 9.17) is 4.52 Å². The number of aromatic nitrogens is 1. The summed E-state index contributed by atoms with van der Waals surface area (Å²) in [7, 11) is 1.82. The number of carbonyl (C=O) groups excluding carboxylic acids is 2. The highest BCUT2D eigenvalue weighted by atomic mass is 16.5. The molecule has 0 fully saturated rings. The Morgan fingerprint density at radius 1 is 1.09 bits per heavy atom. The van der Waals surface area contributed by atoms with E-state index in [-0.39, 0.29) is 17.7 Å². The van der Waals surface area contributed by atoms with Crippen molar-refractivity contribution in [1.82, 2.24) is 15.0 Å². The van der Waals surface area contributed by atoms with E-state index in [1.54, 1.807) is 9.80 Å². The molecule has 6 nitrogen and oxygen atoms in total. The zero-order valence-electron chi connectivity index (χ0n) is 20.2. The van der Waals surface area contributed by atoms with Gasteiger partial charge in [0.1, 0.15) is 17.5 Å². The maximum atomic E-state index is 13.4. The monoisotopic (exact) mass is 459 g/mol. The van der Waals surface area contributed by atoms with E-state index in [0.717, 1.165) is 34.6 Å². The van der Waals surface area contributed by atoms with Crippen LogP contribution in [0.4, 0.5) is 0 Å². The predicted octanol–water partition coefficient (Wildman–Crippen LogP) is 4.73. The Hall–Kier alpha value is -3.41. The highest BCUT2D eigenvalue weighted by Gasteiger charge is 2.35. The first kappa shape index (κ1) is 23.7. The van der Waals surface area contributed by atoms with Gasteiger partial charge < -0.3 is 14.3 Å². The molecule has 6 heteroatoms. The number of aryl methyl sites for hydroxylation is 1. The zero-order valence-corrected chi connectivity index (χ0v) is 20.2. The van der Waals surface area contributed by atoms with Gasteiger partial charge in [-0.15, -0.1) is 0 Å². The smallest absolute Gasteiger partial charge is 0.245 e. The number of nitrogens with zero attached hydrogens (tertiary/aromatic N) is 3. The molecule has 0 saturated carbocycles. The van der Waals surface area contributed by atoms with Gasteiger partial charge in [-0.1, -0.05) is 73.6 Å². The van der Waals surface area contributed by atoms with Crippen molar-refractivity contribution >= 4 is 11.8 Å². The van der Waals surface area contributed by atoms with Crippen LogP contribution in [0.2, 0.25) is 0 Å². The number of amides is 2. The van der Waals surface area contributed by atoms with Crippen molar-refractivity contribution in [3.63, 3.8) is 0 Å². The van der Waals surface area contributed by atoms with Gasteiger partial charge in [-0.3, -0.25) is 9.59 Å². The number of likely N-dealkylation sites (N-methyl/N-ethyl adjacent to an activating group) is 1. The van der Waals surface area contributed by atoms with Crippen LogP contribution in [0.1, 0.15) is 43.6 Å². The number of hydrogen-bond donors (Lipinski definition) is 0. The topological polar surface area (TPSA) is 66.7 Å². The van der Waals surface area contributed by atoms with Crippen molar-refractivity contribution in [3.8, 4) is 11.3 Å².